The molecule has 0 heterocycles. The number of hydrogen-bond donors (Lipinski definition) is 2. The molecule has 0 fully saturated rings. The van der Waals surface area contributed by atoms with Gasteiger partial charge in [-0.3, -0.25) is 4.79 Å². The zero-order valence-corrected chi connectivity index (χ0v) is 14.6. The van der Waals surface area contributed by atoms with Crippen LogP contribution in [0.1, 0.15) is 25.5 Å². The molecule has 0 aliphatic heterocycles. The summed E-state index contributed by atoms with van der Waals surface area (Å²) in [6.07, 6.45) is 0. The SMILES string of the molecule is COc1cc(S(=O)(=O)NC(C)c2ccccc2)ccc1NC(C)=O. The zero-order chi connectivity index (χ0) is 17.7. The Balaban J connectivity index is 2.27. The predicted octanol–water partition coefficient (Wildman–Crippen LogP) is 2.69. The lowest BCUT2D eigenvalue weighted by Crippen LogP contribution is -2.27. The van der Waals surface area contributed by atoms with Crippen molar-refractivity contribution in [1.29, 1.82) is 0 Å². The first-order chi connectivity index (χ1) is 11.3. The number of carbonyl (C=O) groups is 1. The second-order valence-corrected chi connectivity index (χ2v) is 7.01. The van der Waals surface area contributed by atoms with E-state index in [4.69, 9.17) is 4.74 Å². The van der Waals surface area contributed by atoms with Gasteiger partial charge in [0.15, 0.2) is 0 Å². The maximum Gasteiger partial charge on any atom is 0.241 e. The average Bonchev–Trinajstić information content (AvgIpc) is 2.55. The van der Waals surface area contributed by atoms with Crippen molar-refractivity contribution >= 4 is 21.6 Å². The second kappa shape index (κ2) is 7.46. The largest absolute Gasteiger partial charge is 0.495 e. The molecule has 1 amide bonds. The molecular formula is C17H20N2O4S. The Hall–Kier alpha value is -2.38. The minimum Gasteiger partial charge on any atom is -0.495 e. The van der Waals surface area contributed by atoms with Crippen molar-refractivity contribution in [3.05, 3.63) is 54.1 Å². The first-order valence-electron chi connectivity index (χ1n) is 7.36. The van der Waals surface area contributed by atoms with Gasteiger partial charge in [-0.15, -0.1) is 0 Å². The molecule has 1 unspecified atom stereocenters. The van der Waals surface area contributed by atoms with Crippen LogP contribution in [0.15, 0.2) is 53.4 Å². The standard InChI is InChI=1S/C17H20N2O4S/c1-12(14-7-5-4-6-8-14)19-24(21,22)15-9-10-16(18-13(2)20)17(11-15)23-3/h4-12,19H,1-3H3,(H,18,20). The Morgan fingerprint density at radius 1 is 1.12 bits per heavy atom. The van der Waals surface area contributed by atoms with Crippen LogP contribution in [0, 0.1) is 0 Å². The molecule has 128 valence electrons. The molecule has 2 aromatic carbocycles. The molecule has 0 radical (unpaired) electrons. The molecule has 2 rings (SSSR count). The van der Waals surface area contributed by atoms with Crippen molar-refractivity contribution < 1.29 is 17.9 Å². The van der Waals surface area contributed by atoms with Gasteiger partial charge in [0.1, 0.15) is 5.75 Å². The van der Waals surface area contributed by atoms with E-state index < -0.39 is 10.0 Å². The number of ether oxygens (including phenoxy) is 1. The van der Waals surface area contributed by atoms with Gasteiger partial charge in [0.25, 0.3) is 0 Å². The normalized spacial score (nSPS) is 12.5. The first kappa shape index (κ1) is 18.0. The number of anilines is 1. The van der Waals surface area contributed by atoms with Crippen LogP contribution in [-0.2, 0) is 14.8 Å². The highest BCUT2D eigenvalue weighted by Crippen LogP contribution is 2.28. The van der Waals surface area contributed by atoms with Gasteiger partial charge < -0.3 is 10.1 Å². The molecule has 24 heavy (non-hydrogen) atoms. The maximum atomic E-state index is 12.6. The lowest BCUT2D eigenvalue weighted by molar-refractivity contribution is -0.114. The van der Waals surface area contributed by atoms with Gasteiger partial charge in [-0.25, -0.2) is 13.1 Å². The summed E-state index contributed by atoms with van der Waals surface area (Å²) in [6, 6.07) is 13.2. The quantitative estimate of drug-likeness (QED) is 0.840. The van der Waals surface area contributed by atoms with Gasteiger partial charge in [0, 0.05) is 19.0 Å². The summed E-state index contributed by atoms with van der Waals surface area (Å²) in [4.78, 5) is 11.2. The molecule has 0 saturated heterocycles. The van der Waals surface area contributed by atoms with Crippen LogP contribution < -0.4 is 14.8 Å². The molecule has 2 aromatic rings. The molecule has 2 N–H and O–H groups in total. The summed E-state index contributed by atoms with van der Waals surface area (Å²) in [5.74, 6) is 0.0140. The number of sulfonamides is 1. The summed E-state index contributed by atoms with van der Waals surface area (Å²) in [5.41, 5.74) is 1.28. The number of rotatable bonds is 6. The molecule has 0 aliphatic rings. The van der Waals surface area contributed by atoms with E-state index in [1.807, 2.05) is 30.3 Å². The highest BCUT2D eigenvalue weighted by atomic mass is 32.2. The van der Waals surface area contributed by atoms with E-state index in [9.17, 15) is 13.2 Å². The van der Waals surface area contributed by atoms with Crippen molar-refractivity contribution in [2.24, 2.45) is 0 Å². The minimum absolute atomic E-state index is 0.0660. The summed E-state index contributed by atoms with van der Waals surface area (Å²) >= 11 is 0. The lowest BCUT2D eigenvalue weighted by Gasteiger charge is -2.16. The second-order valence-electron chi connectivity index (χ2n) is 5.30. The Labute approximate surface area is 141 Å². The number of carbonyl (C=O) groups excluding carboxylic acids is 1. The van der Waals surface area contributed by atoms with Gasteiger partial charge in [-0.1, -0.05) is 30.3 Å². The third-order valence-electron chi connectivity index (χ3n) is 3.43. The number of hydrogen-bond acceptors (Lipinski definition) is 4. The van der Waals surface area contributed by atoms with Crippen molar-refractivity contribution in [3.8, 4) is 5.75 Å². The highest BCUT2D eigenvalue weighted by molar-refractivity contribution is 7.89. The molecule has 0 saturated carbocycles. The smallest absolute Gasteiger partial charge is 0.241 e. The van der Waals surface area contributed by atoms with Gasteiger partial charge in [0.2, 0.25) is 15.9 Å². The van der Waals surface area contributed by atoms with Crippen LogP contribution in [0.4, 0.5) is 5.69 Å². The van der Waals surface area contributed by atoms with Gasteiger partial charge in [0.05, 0.1) is 17.7 Å². The van der Waals surface area contributed by atoms with Gasteiger partial charge in [-0.2, -0.15) is 0 Å². The fourth-order valence-corrected chi connectivity index (χ4v) is 3.49. The fraction of sp³-hybridized carbons (Fsp3) is 0.235. The summed E-state index contributed by atoms with van der Waals surface area (Å²) < 4.78 is 32.9. The van der Waals surface area contributed by atoms with Crippen LogP contribution in [0.5, 0.6) is 5.75 Å². The van der Waals surface area contributed by atoms with E-state index >= 15 is 0 Å². The molecular weight excluding hydrogens is 328 g/mol. The highest BCUT2D eigenvalue weighted by Gasteiger charge is 2.20. The van der Waals surface area contributed by atoms with E-state index in [-0.39, 0.29) is 22.6 Å². The van der Waals surface area contributed by atoms with Gasteiger partial charge >= 0.3 is 0 Å². The lowest BCUT2D eigenvalue weighted by atomic mass is 10.1. The van der Waals surface area contributed by atoms with Crippen LogP contribution in [0.25, 0.3) is 0 Å². The number of benzene rings is 2. The summed E-state index contributed by atoms with van der Waals surface area (Å²) in [6.45, 7) is 3.14. The molecule has 0 spiro atoms. The number of methoxy groups -OCH3 is 1. The van der Waals surface area contributed by atoms with E-state index in [0.717, 1.165) is 5.56 Å². The minimum atomic E-state index is -3.73. The predicted molar refractivity (Wildman–Crippen MR) is 92.5 cm³/mol. The van der Waals surface area contributed by atoms with Crippen molar-refractivity contribution in [1.82, 2.24) is 4.72 Å². The van der Waals surface area contributed by atoms with Crippen LogP contribution in [0.3, 0.4) is 0 Å². The molecule has 0 aliphatic carbocycles. The third kappa shape index (κ3) is 4.33. The van der Waals surface area contributed by atoms with Crippen LogP contribution in [0.2, 0.25) is 0 Å². The molecule has 7 heteroatoms. The summed E-state index contributed by atoms with van der Waals surface area (Å²) in [5, 5.41) is 2.59. The van der Waals surface area contributed by atoms with Crippen LogP contribution >= 0.6 is 0 Å². The molecule has 0 aromatic heterocycles. The monoisotopic (exact) mass is 348 g/mol. The van der Waals surface area contributed by atoms with E-state index in [2.05, 4.69) is 10.0 Å². The first-order valence-corrected chi connectivity index (χ1v) is 8.84. The molecule has 0 bridgehead atoms. The Morgan fingerprint density at radius 2 is 1.79 bits per heavy atom. The zero-order valence-electron chi connectivity index (χ0n) is 13.7. The van der Waals surface area contributed by atoms with E-state index in [0.29, 0.717) is 5.69 Å². The average molecular weight is 348 g/mol. The fourth-order valence-electron chi connectivity index (χ4n) is 2.24. The Morgan fingerprint density at radius 3 is 2.38 bits per heavy atom. The number of nitrogens with one attached hydrogen (secondary N) is 2. The van der Waals surface area contributed by atoms with Crippen molar-refractivity contribution in [3.63, 3.8) is 0 Å². The molecule has 6 nitrogen and oxygen atoms in total. The van der Waals surface area contributed by atoms with Crippen LogP contribution in [-0.4, -0.2) is 21.4 Å². The Bertz CT molecular complexity index is 820. The van der Waals surface area contributed by atoms with Crippen molar-refractivity contribution in [2.45, 2.75) is 24.8 Å². The van der Waals surface area contributed by atoms with E-state index in [1.54, 1.807) is 6.92 Å². The Kier molecular flexibility index (Phi) is 5.58. The number of amides is 1. The van der Waals surface area contributed by atoms with Gasteiger partial charge in [-0.05, 0) is 24.6 Å². The summed E-state index contributed by atoms with van der Waals surface area (Å²) in [7, 11) is -2.31. The van der Waals surface area contributed by atoms with E-state index in [1.165, 1.54) is 32.2 Å². The molecule has 1 atom stereocenters. The van der Waals surface area contributed by atoms with Crippen molar-refractivity contribution in [2.75, 3.05) is 12.4 Å². The maximum absolute atomic E-state index is 12.6. The third-order valence-corrected chi connectivity index (χ3v) is 4.96. The topological polar surface area (TPSA) is 84.5 Å².